The van der Waals surface area contributed by atoms with Gasteiger partial charge in [0.25, 0.3) is 5.91 Å². The number of amides is 1. The Morgan fingerprint density at radius 3 is 2.65 bits per heavy atom. The van der Waals surface area contributed by atoms with Crippen LogP contribution in [0.4, 0.5) is 5.69 Å². The van der Waals surface area contributed by atoms with Crippen molar-refractivity contribution in [2.75, 3.05) is 12.4 Å². The van der Waals surface area contributed by atoms with Crippen LogP contribution in [-0.4, -0.2) is 28.1 Å². The van der Waals surface area contributed by atoms with Crippen molar-refractivity contribution >= 4 is 55.9 Å². The van der Waals surface area contributed by atoms with Crippen LogP contribution in [0.15, 0.2) is 39.6 Å². The maximum Gasteiger partial charge on any atom is 0.323 e. The summed E-state index contributed by atoms with van der Waals surface area (Å²) in [6.07, 6.45) is 0. The van der Waals surface area contributed by atoms with E-state index in [2.05, 4.69) is 36.5 Å². The lowest BCUT2D eigenvalue weighted by Gasteiger charge is -2.14. The van der Waals surface area contributed by atoms with Crippen LogP contribution in [0.2, 0.25) is 0 Å². The number of nitrogens with one attached hydrogen (secondary N) is 4. The topological polar surface area (TPSA) is 99.0 Å². The molecule has 0 saturated carbocycles. The van der Waals surface area contributed by atoms with E-state index in [1.807, 2.05) is 13.0 Å². The number of carbonyl (C=O) groups excluding carboxylic acids is 1. The number of benzene rings is 2. The molecule has 0 fully saturated rings. The van der Waals surface area contributed by atoms with Gasteiger partial charge in [0, 0.05) is 10.2 Å². The molecule has 0 aliphatic rings. The molecular weight excluding hydrogens is 420 g/mol. The highest BCUT2D eigenvalue weighted by molar-refractivity contribution is 9.10. The first-order chi connectivity index (χ1) is 12.4. The second-order valence-electron chi connectivity index (χ2n) is 5.55. The Labute approximate surface area is 162 Å². The molecule has 0 bridgehead atoms. The molecule has 1 heterocycles. The molecule has 0 unspecified atom stereocenters. The minimum Gasteiger partial charge on any atom is -0.496 e. The summed E-state index contributed by atoms with van der Waals surface area (Å²) >= 11 is 8.58. The van der Waals surface area contributed by atoms with Gasteiger partial charge in [-0.2, -0.15) is 0 Å². The number of thiocarbonyl (C=S) groups is 1. The summed E-state index contributed by atoms with van der Waals surface area (Å²) in [7, 11) is 1.51. The Hall–Kier alpha value is -2.65. The third-order valence-corrected chi connectivity index (χ3v) is 4.35. The number of hydrogen-bond donors (Lipinski definition) is 4. The van der Waals surface area contributed by atoms with Crippen molar-refractivity contribution in [1.82, 2.24) is 15.3 Å². The van der Waals surface area contributed by atoms with E-state index in [1.54, 1.807) is 24.3 Å². The number of anilines is 1. The van der Waals surface area contributed by atoms with Crippen LogP contribution in [0, 0.1) is 6.92 Å². The molecule has 0 spiro atoms. The molecule has 0 aliphatic carbocycles. The van der Waals surface area contributed by atoms with Crippen molar-refractivity contribution in [2.45, 2.75) is 6.92 Å². The van der Waals surface area contributed by atoms with Crippen molar-refractivity contribution in [3.8, 4) is 5.75 Å². The third-order valence-electron chi connectivity index (χ3n) is 3.69. The highest BCUT2D eigenvalue weighted by Crippen LogP contribution is 2.27. The largest absolute Gasteiger partial charge is 0.496 e. The number of ether oxygens (including phenoxy) is 1. The number of imidazole rings is 1. The van der Waals surface area contributed by atoms with Crippen LogP contribution in [0.3, 0.4) is 0 Å². The first kappa shape index (κ1) is 18.2. The molecular formula is C17H15BrN4O3S. The Kier molecular flexibility index (Phi) is 5.10. The van der Waals surface area contributed by atoms with E-state index in [0.29, 0.717) is 28.0 Å². The molecule has 3 rings (SSSR count). The molecule has 0 saturated heterocycles. The van der Waals surface area contributed by atoms with Crippen LogP contribution < -0.4 is 21.1 Å². The van der Waals surface area contributed by atoms with Gasteiger partial charge < -0.3 is 20.0 Å². The second kappa shape index (κ2) is 7.30. The highest BCUT2D eigenvalue weighted by Gasteiger charge is 2.16. The lowest BCUT2D eigenvalue weighted by Crippen LogP contribution is -2.34. The fraction of sp³-hybridized carbons (Fsp3) is 0.118. The summed E-state index contributed by atoms with van der Waals surface area (Å²) in [5, 5.41) is 5.68. The first-order valence-corrected chi connectivity index (χ1v) is 8.76. The number of fused-ring (bicyclic) bond motifs is 1. The minimum atomic E-state index is -0.389. The number of halogens is 1. The van der Waals surface area contributed by atoms with Crippen molar-refractivity contribution in [3.05, 3.63) is 56.4 Å². The zero-order valence-electron chi connectivity index (χ0n) is 13.9. The van der Waals surface area contributed by atoms with Gasteiger partial charge >= 0.3 is 5.69 Å². The number of aromatic amines is 2. The SMILES string of the molecule is COc1c(C)cc(Br)cc1C(=O)NC(=S)Nc1ccc2[nH]c(=O)[nH]c2c1. The summed E-state index contributed by atoms with van der Waals surface area (Å²) in [5.41, 5.74) is 2.87. The van der Waals surface area contributed by atoms with E-state index in [-0.39, 0.29) is 16.7 Å². The number of carbonyl (C=O) groups is 1. The Bertz CT molecular complexity index is 1070. The molecule has 1 aromatic heterocycles. The fourth-order valence-corrected chi connectivity index (χ4v) is 3.40. The van der Waals surface area contributed by atoms with Crippen molar-refractivity contribution < 1.29 is 9.53 Å². The molecule has 2 aromatic carbocycles. The third kappa shape index (κ3) is 3.78. The minimum absolute atomic E-state index is 0.131. The van der Waals surface area contributed by atoms with Gasteiger partial charge in [0.2, 0.25) is 0 Å². The zero-order valence-corrected chi connectivity index (χ0v) is 16.3. The Morgan fingerprint density at radius 2 is 1.92 bits per heavy atom. The predicted octanol–water partition coefficient (Wildman–Crippen LogP) is 3.06. The Morgan fingerprint density at radius 1 is 1.19 bits per heavy atom. The van der Waals surface area contributed by atoms with Crippen molar-refractivity contribution in [3.63, 3.8) is 0 Å². The number of methoxy groups -OCH3 is 1. The molecule has 9 heteroatoms. The summed E-state index contributed by atoms with van der Waals surface area (Å²) in [5.74, 6) is 0.0969. The standard InChI is InChI=1S/C17H15BrN4O3S/c1-8-5-9(18)6-11(14(8)25-2)15(23)22-17(26)19-10-3-4-12-13(7-10)21-16(24)20-12/h3-7H,1-2H3,(H2,20,21,24)(H2,19,22,23,26). The van der Waals surface area contributed by atoms with Gasteiger partial charge in [-0.25, -0.2) is 4.79 Å². The Balaban J connectivity index is 1.77. The predicted molar refractivity (Wildman–Crippen MR) is 108 cm³/mol. The second-order valence-corrected chi connectivity index (χ2v) is 6.88. The molecule has 3 aromatic rings. The maximum absolute atomic E-state index is 12.6. The summed E-state index contributed by atoms with van der Waals surface area (Å²) in [6, 6.07) is 8.73. The lowest BCUT2D eigenvalue weighted by atomic mass is 10.1. The molecule has 0 aliphatic heterocycles. The van der Waals surface area contributed by atoms with Gasteiger partial charge in [0.15, 0.2) is 5.11 Å². The summed E-state index contributed by atoms with van der Waals surface area (Å²) in [4.78, 5) is 29.2. The van der Waals surface area contributed by atoms with E-state index in [4.69, 9.17) is 17.0 Å². The number of aromatic nitrogens is 2. The highest BCUT2D eigenvalue weighted by atomic mass is 79.9. The van der Waals surface area contributed by atoms with Gasteiger partial charge in [0.1, 0.15) is 5.75 Å². The molecule has 7 nitrogen and oxygen atoms in total. The average molecular weight is 435 g/mol. The lowest BCUT2D eigenvalue weighted by molar-refractivity contribution is 0.0974. The quantitative estimate of drug-likeness (QED) is 0.474. The van der Waals surface area contributed by atoms with E-state index in [9.17, 15) is 9.59 Å². The van der Waals surface area contributed by atoms with Crippen molar-refractivity contribution in [1.29, 1.82) is 0 Å². The number of H-pyrrole nitrogens is 2. The maximum atomic E-state index is 12.6. The van der Waals surface area contributed by atoms with Crippen LogP contribution in [-0.2, 0) is 0 Å². The monoisotopic (exact) mass is 434 g/mol. The van der Waals surface area contributed by atoms with Gasteiger partial charge in [-0.3, -0.25) is 10.1 Å². The molecule has 4 N–H and O–H groups in total. The van der Waals surface area contributed by atoms with Gasteiger partial charge in [-0.15, -0.1) is 0 Å². The smallest absolute Gasteiger partial charge is 0.323 e. The number of hydrogen-bond acceptors (Lipinski definition) is 4. The van der Waals surface area contributed by atoms with Crippen LogP contribution in [0.1, 0.15) is 15.9 Å². The van der Waals surface area contributed by atoms with Crippen molar-refractivity contribution in [2.24, 2.45) is 0 Å². The normalized spacial score (nSPS) is 10.6. The van der Waals surface area contributed by atoms with Crippen LogP contribution in [0.5, 0.6) is 5.75 Å². The van der Waals surface area contributed by atoms with E-state index in [1.165, 1.54) is 7.11 Å². The van der Waals surface area contributed by atoms with Gasteiger partial charge in [0.05, 0.1) is 23.7 Å². The fourth-order valence-electron chi connectivity index (χ4n) is 2.61. The first-order valence-electron chi connectivity index (χ1n) is 7.56. The van der Waals surface area contributed by atoms with E-state index >= 15 is 0 Å². The molecule has 1 amide bonds. The van der Waals surface area contributed by atoms with E-state index in [0.717, 1.165) is 10.0 Å². The van der Waals surface area contributed by atoms with Crippen LogP contribution in [0.25, 0.3) is 11.0 Å². The summed E-state index contributed by atoms with van der Waals surface area (Å²) < 4.78 is 6.09. The number of rotatable bonds is 3. The van der Waals surface area contributed by atoms with Gasteiger partial charge in [-0.1, -0.05) is 15.9 Å². The average Bonchev–Trinajstić information content (AvgIpc) is 2.93. The molecule has 134 valence electrons. The van der Waals surface area contributed by atoms with E-state index < -0.39 is 0 Å². The zero-order chi connectivity index (χ0) is 18.8. The molecule has 0 atom stereocenters. The molecule has 26 heavy (non-hydrogen) atoms. The van der Waals surface area contributed by atoms with Crippen LogP contribution >= 0.6 is 28.1 Å². The summed E-state index contributed by atoms with van der Waals surface area (Å²) in [6.45, 7) is 1.85. The van der Waals surface area contributed by atoms with Gasteiger partial charge in [-0.05, 0) is 55.0 Å². The number of aryl methyl sites for hydroxylation is 1. The molecule has 0 radical (unpaired) electrons.